The van der Waals surface area contributed by atoms with Crippen molar-refractivity contribution in [3.8, 4) is 0 Å². The van der Waals surface area contributed by atoms with Crippen LogP contribution in [0.15, 0.2) is 11.8 Å². The number of aliphatic hydroxyl groups excluding tert-OH is 1. The van der Waals surface area contributed by atoms with Crippen LogP contribution in [0.1, 0.15) is 13.8 Å². The van der Waals surface area contributed by atoms with Gasteiger partial charge in [-0.15, -0.1) is 0 Å². The Labute approximate surface area is 68.7 Å². The molecule has 0 fully saturated rings. The third-order valence-electron chi connectivity index (χ3n) is 0.412. The Balaban J connectivity index is 0. The van der Waals surface area contributed by atoms with E-state index in [9.17, 15) is 4.79 Å². The van der Waals surface area contributed by atoms with Crippen LogP contribution in [-0.2, 0) is 4.79 Å². The van der Waals surface area contributed by atoms with Gasteiger partial charge in [-0.2, -0.15) is 0 Å². The van der Waals surface area contributed by atoms with Gasteiger partial charge in [-0.25, -0.2) is 0 Å². The third-order valence-corrected chi connectivity index (χ3v) is 0.412. The second kappa shape index (κ2) is 5.27. The first kappa shape index (κ1) is 11.0. The van der Waals surface area contributed by atoms with E-state index < -0.39 is 0 Å². The molecule has 3 heteroatoms. The zero-order valence-electron chi connectivity index (χ0n) is 5.01. The molecule has 0 aromatic heterocycles. The van der Waals surface area contributed by atoms with Crippen molar-refractivity contribution in [2.45, 2.75) is 13.8 Å². The molecule has 43 valence electrons. The molecule has 0 rings (SSSR count). The fourth-order valence-corrected chi connectivity index (χ4v) is 0.294. The van der Waals surface area contributed by atoms with E-state index in [0.717, 1.165) is 0 Å². The van der Waals surface area contributed by atoms with Gasteiger partial charge in [-0.3, -0.25) is 4.79 Å². The van der Waals surface area contributed by atoms with Crippen LogP contribution in [0.2, 0.25) is 0 Å². The standard InChI is InChI=1S/C5H8O2.Tl/c1-4(6)3-5(2)7;/h3,6H,1-2H3;. The molecule has 0 atom stereocenters. The van der Waals surface area contributed by atoms with Gasteiger partial charge in [0.15, 0.2) is 5.78 Å². The summed E-state index contributed by atoms with van der Waals surface area (Å²) in [6, 6.07) is 0. The molecule has 0 aliphatic heterocycles. The molecule has 0 aromatic carbocycles. The van der Waals surface area contributed by atoms with Gasteiger partial charge in [-0.05, 0) is 13.8 Å². The molecule has 0 saturated carbocycles. The molecule has 8 heavy (non-hydrogen) atoms. The van der Waals surface area contributed by atoms with Crippen molar-refractivity contribution in [1.29, 1.82) is 0 Å². The molecule has 1 radical (unpaired) electrons. The van der Waals surface area contributed by atoms with Gasteiger partial charge in [-0.1, -0.05) is 0 Å². The smallest absolute Gasteiger partial charge is 0.155 e. The number of aliphatic hydroxyl groups is 1. The van der Waals surface area contributed by atoms with Gasteiger partial charge in [0, 0.05) is 33.4 Å². The molecule has 2 nitrogen and oxygen atoms in total. The van der Waals surface area contributed by atoms with Crippen LogP contribution in [0.5, 0.6) is 0 Å². The molecule has 0 heterocycles. The first-order chi connectivity index (χ1) is 3.13. The van der Waals surface area contributed by atoms with Crippen molar-refractivity contribution in [1.82, 2.24) is 0 Å². The molecule has 0 spiro atoms. The first-order valence-corrected chi connectivity index (χ1v) is 2.01. The number of allylic oxidation sites excluding steroid dienone is 2. The Morgan fingerprint density at radius 2 is 1.88 bits per heavy atom. The second-order valence-electron chi connectivity index (χ2n) is 1.40. The van der Waals surface area contributed by atoms with Gasteiger partial charge in [0.1, 0.15) is 0 Å². The van der Waals surface area contributed by atoms with Crippen LogP contribution in [0.4, 0.5) is 0 Å². The van der Waals surface area contributed by atoms with Gasteiger partial charge >= 0.3 is 0 Å². The summed E-state index contributed by atoms with van der Waals surface area (Å²) in [6.07, 6.45) is 1.17. The Morgan fingerprint density at radius 1 is 1.50 bits per heavy atom. The fraction of sp³-hybridized carbons (Fsp3) is 0.400. The quantitative estimate of drug-likeness (QED) is 0.439. The minimum atomic E-state index is -0.125. The monoisotopic (exact) mass is 305 g/mol. The summed E-state index contributed by atoms with van der Waals surface area (Å²) < 4.78 is 0. The van der Waals surface area contributed by atoms with Crippen LogP contribution in [0.25, 0.3) is 0 Å². The van der Waals surface area contributed by atoms with Gasteiger partial charge in [0.2, 0.25) is 0 Å². The summed E-state index contributed by atoms with van der Waals surface area (Å²) in [4.78, 5) is 10.0. The molecule has 0 aliphatic carbocycles. The van der Waals surface area contributed by atoms with Crippen molar-refractivity contribution in [2.75, 3.05) is 0 Å². The molecule has 0 bridgehead atoms. The van der Waals surface area contributed by atoms with Crippen LogP contribution in [-0.4, -0.2) is 38.2 Å². The summed E-state index contributed by atoms with van der Waals surface area (Å²) in [5.74, 6) is -0.0625. The van der Waals surface area contributed by atoms with E-state index >= 15 is 0 Å². The Morgan fingerprint density at radius 3 is 1.88 bits per heavy atom. The Bertz CT molecular complexity index is 103. The maximum Gasteiger partial charge on any atom is 0.155 e. The molecular formula is C5H8O2Tl. The first-order valence-electron chi connectivity index (χ1n) is 2.01. The summed E-state index contributed by atoms with van der Waals surface area (Å²) in [5.41, 5.74) is 0. The molecule has 0 unspecified atom stereocenters. The minimum absolute atomic E-state index is 0. The summed E-state index contributed by atoms with van der Waals surface area (Å²) in [7, 11) is 0. The van der Waals surface area contributed by atoms with E-state index in [-0.39, 0.29) is 38.8 Å². The van der Waals surface area contributed by atoms with Crippen molar-refractivity contribution in [3.63, 3.8) is 0 Å². The molecular weight excluding hydrogens is 296 g/mol. The number of rotatable bonds is 1. The van der Waals surface area contributed by atoms with Crippen molar-refractivity contribution < 1.29 is 9.90 Å². The van der Waals surface area contributed by atoms with E-state index in [0.29, 0.717) is 0 Å². The van der Waals surface area contributed by atoms with E-state index in [1.807, 2.05) is 0 Å². The molecule has 0 saturated heterocycles. The fourth-order valence-electron chi connectivity index (χ4n) is 0.294. The number of hydrogen-bond donors (Lipinski definition) is 1. The van der Waals surface area contributed by atoms with Crippen LogP contribution >= 0.6 is 0 Å². The number of carbonyl (C=O) groups excluding carboxylic acids is 1. The summed E-state index contributed by atoms with van der Waals surface area (Å²) in [5, 5.41) is 8.36. The van der Waals surface area contributed by atoms with Gasteiger partial charge in [0.25, 0.3) is 0 Å². The van der Waals surface area contributed by atoms with Gasteiger partial charge < -0.3 is 5.11 Å². The minimum Gasteiger partial charge on any atom is -0.512 e. The molecule has 1 N–H and O–H groups in total. The predicted octanol–water partition coefficient (Wildman–Crippen LogP) is 0.656. The maximum atomic E-state index is 10.0. The average molecular weight is 304 g/mol. The Kier molecular flexibility index (Phi) is 7.25. The summed E-state index contributed by atoms with van der Waals surface area (Å²) >= 11 is 0. The topological polar surface area (TPSA) is 37.3 Å². The molecule has 0 aromatic rings. The average Bonchev–Trinajstić information content (AvgIpc) is 1.27. The largest absolute Gasteiger partial charge is 0.512 e. The second-order valence-corrected chi connectivity index (χ2v) is 1.40. The van der Waals surface area contributed by atoms with E-state index in [1.165, 1.54) is 19.9 Å². The molecule has 0 aliphatic rings. The van der Waals surface area contributed by atoms with E-state index in [2.05, 4.69) is 0 Å². The zero-order chi connectivity index (χ0) is 5.86. The number of ketones is 1. The van der Waals surface area contributed by atoms with Gasteiger partial charge in [0.05, 0.1) is 5.76 Å². The normalized spacial score (nSPS) is 10.0. The zero-order valence-corrected chi connectivity index (χ0v) is 9.50. The van der Waals surface area contributed by atoms with E-state index in [1.54, 1.807) is 0 Å². The third kappa shape index (κ3) is 9.46. The SMILES string of the molecule is CC(=O)C=C(C)O.[Tl]. The number of carbonyl (C=O) groups is 1. The van der Waals surface area contributed by atoms with Crippen LogP contribution in [0.3, 0.4) is 0 Å². The Hall–Kier alpha value is 0.132. The summed E-state index contributed by atoms with van der Waals surface area (Å²) in [6.45, 7) is 2.85. The number of hydrogen-bond acceptors (Lipinski definition) is 2. The van der Waals surface area contributed by atoms with Crippen molar-refractivity contribution in [3.05, 3.63) is 11.8 Å². The van der Waals surface area contributed by atoms with Crippen LogP contribution < -0.4 is 0 Å². The van der Waals surface area contributed by atoms with Crippen LogP contribution in [0, 0.1) is 0 Å². The van der Waals surface area contributed by atoms with E-state index in [4.69, 9.17) is 5.11 Å². The predicted molar refractivity (Wildman–Crippen MR) is 32.8 cm³/mol. The van der Waals surface area contributed by atoms with Crippen molar-refractivity contribution >= 4 is 33.1 Å². The van der Waals surface area contributed by atoms with Crippen molar-refractivity contribution in [2.24, 2.45) is 0 Å². The maximum absolute atomic E-state index is 10.0. The molecule has 0 amide bonds.